The minimum absolute atomic E-state index is 0.206. The van der Waals surface area contributed by atoms with Gasteiger partial charge in [-0.2, -0.15) is 0 Å². The number of likely N-dealkylation sites (tertiary alicyclic amines) is 1. The normalized spacial score (nSPS) is 19.5. The minimum Gasteiger partial charge on any atom is -0.389 e. The highest BCUT2D eigenvalue weighted by Gasteiger charge is 2.22. The van der Waals surface area contributed by atoms with E-state index in [9.17, 15) is 9.90 Å². The molecule has 1 heterocycles. The van der Waals surface area contributed by atoms with Gasteiger partial charge in [0.1, 0.15) is 0 Å². The molecule has 0 aliphatic carbocycles. The second-order valence-corrected chi connectivity index (χ2v) is 5.50. The van der Waals surface area contributed by atoms with Gasteiger partial charge in [0.15, 0.2) is 0 Å². The molecule has 112 valence electrons. The number of ether oxygens (including phenoxy) is 1. The standard InChI is InChI=1S/C14H28N2O3/c1-2-3-8-19-11-13(17)10-16-6-4-12(5-7-16)9-14(15)18/h12-13,17H,2-11H2,1H3,(H2,15,18). The fourth-order valence-electron chi connectivity index (χ4n) is 2.47. The van der Waals surface area contributed by atoms with E-state index in [0.717, 1.165) is 45.4 Å². The molecule has 19 heavy (non-hydrogen) atoms. The first-order chi connectivity index (χ1) is 9.11. The molecule has 1 unspecified atom stereocenters. The van der Waals surface area contributed by atoms with Gasteiger partial charge in [0.2, 0.25) is 5.91 Å². The van der Waals surface area contributed by atoms with E-state index in [1.807, 2.05) is 0 Å². The third-order valence-electron chi connectivity index (χ3n) is 3.62. The van der Waals surface area contributed by atoms with Crippen molar-refractivity contribution < 1.29 is 14.6 Å². The molecule has 1 atom stereocenters. The quantitative estimate of drug-likeness (QED) is 0.607. The molecule has 1 fully saturated rings. The van der Waals surface area contributed by atoms with E-state index in [-0.39, 0.29) is 5.91 Å². The summed E-state index contributed by atoms with van der Waals surface area (Å²) in [5.74, 6) is 0.217. The van der Waals surface area contributed by atoms with Crippen LogP contribution in [0.5, 0.6) is 0 Å². The summed E-state index contributed by atoms with van der Waals surface area (Å²) in [6.07, 6.45) is 4.23. The van der Waals surface area contributed by atoms with Crippen LogP contribution >= 0.6 is 0 Å². The zero-order valence-electron chi connectivity index (χ0n) is 12.0. The van der Waals surface area contributed by atoms with Crippen molar-refractivity contribution in [3.63, 3.8) is 0 Å². The van der Waals surface area contributed by atoms with Gasteiger partial charge in [-0.25, -0.2) is 0 Å². The average molecular weight is 272 g/mol. The lowest BCUT2D eigenvalue weighted by Crippen LogP contribution is -2.40. The van der Waals surface area contributed by atoms with Gasteiger partial charge in [0.05, 0.1) is 12.7 Å². The molecular weight excluding hydrogens is 244 g/mol. The highest BCUT2D eigenvalue weighted by Crippen LogP contribution is 2.20. The Hall–Kier alpha value is -0.650. The number of hydrogen-bond acceptors (Lipinski definition) is 4. The molecule has 0 spiro atoms. The van der Waals surface area contributed by atoms with Crippen molar-refractivity contribution in [3.8, 4) is 0 Å². The van der Waals surface area contributed by atoms with Crippen LogP contribution < -0.4 is 5.73 Å². The van der Waals surface area contributed by atoms with E-state index in [1.54, 1.807) is 0 Å². The lowest BCUT2D eigenvalue weighted by atomic mass is 9.93. The molecule has 5 nitrogen and oxygen atoms in total. The van der Waals surface area contributed by atoms with E-state index in [1.165, 1.54) is 0 Å². The Morgan fingerprint density at radius 2 is 2.16 bits per heavy atom. The van der Waals surface area contributed by atoms with Crippen LogP contribution in [0.2, 0.25) is 0 Å². The van der Waals surface area contributed by atoms with Crippen LogP contribution in [0.15, 0.2) is 0 Å². The molecule has 1 saturated heterocycles. The van der Waals surface area contributed by atoms with Crippen LogP contribution in [-0.4, -0.2) is 54.9 Å². The number of unbranched alkanes of at least 4 members (excludes halogenated alkanes) is 1. The Morgan fingerprint density at radius 3 is 2.74 bits per heavy atom. The van der Waals surface area contributed by atoms with Crippen molar-refractivity contribution in [2.24, 2.45) is 11.7 Å². The van der Waals surface area contributed by atoms with Crippen molar-refractivity contribution in [2.45, 2.75) is 45.1 Å². The van der Waals surface area contributed by atoms with Crippen molar-refractivity contribution in [1.29, 1.82) is 0 Å². The molecule has 1 aliphatic heterocycles. The summed E-state index contributed by atoms with van der Waals surface area (Å²) in [7, 11) is 0. The van der Waals surface area contributed by atoms with Crippen LogP contribution in [0, 0.1) is 5.92 Å². The van der Waals surface area contributed by atoms with Gasteiger partial charge < -0.3 is 20.5 Å². The molecule has 0 bridgehead atoms. The molecule has 0 aromatic carbocycles. The Balaban J connectivity index is 2.09. The van der Waals surface area contributed by atoms with Gasteiger partial charge in [-0.15, -0.1) is 0 Å². The van der Waals surface area contributed by atoms with Gasteiger partial charge in [0, 0.05) is 19.6 Å². The number of amides is 1. The van der Waals surface area contributed by atoms with Crippen molar-refractivity contribution in [3.05, 3.63) is 0 Å². The van der Waals surface area contributed by atoms with Gasteiger partial charge in [-0.05, 0) is 38.3 Å². The molecule has 0 radical (unpaired) electrons. The minimum atomic E-state index is -0.412. The number of aliphatic hydroxyl groups excluding tert-OH is 1. The number of hydrogen-bond donors (Lipinski definition) is 2. The highest BCUT2D eigenvalue weighted by molar-refractivity contribution is 5.73. The van der Waals surface area contributed by atoms with Gasteiger partial charge in [-0.3, -0.25) is 4.79 Å². The first-order valence-corrected chi connectivity index (χ1v) is 7.38. The van der Waals surface area contributed by atoms with Crippen molar-refractivity contribution >= 4 is 5.91 Å². The summed E-state index contributed by atoms with van der Waals surface area (Å²) in [5, 5.41) is 9.87. The van der Waals surface area contributed by atoms with Crippen LogP contribution in [-0.2, 0) is 9.53 Å². The summed E-state index contributed by atoms with van der Waals surface area (Å²) >= 11 is 0. The van der Waals surface area contributed by atoms with E-state index in [2.05, 4.69) is 11.8 Å². The molecule has 1 aliphatic rings. The predicted octanol–water partition coefficient (Wildman–Crippen LogP) is 0.751. The molecule has 0 aromatic heterocycles. The van der Waals surface area contributed by atoms with E-state index in [0.29, 0.717) is 25.5 Å². The smallest absolute Gasteiger partial charge is 0.217 e. The third-order valence-corrected chi connectivity index (χ3v) is 3.62. The zero-order chi connectivity index (χ0) is 14.1. The Bertz CT molecular complexity index is 253. The number of rotatable bonds is 9. The van der Waals surface area contributed by atoms with Crippen LogP contribution in [0.1, 0.15) is 39.0 Å². The lowest BCUT2D eigenvalue weighted by Gasteiger charge is -2.32. The number of β-amino-alcohol motifs (C(OH)–C–C–N with tert-alkyl or cyclic N) is 1. The number of aliphatic hydroxyl groups is 1. The third kappa shape index (κ3) is 7.50. The van der Waals surface area contributed by atoms with Crippen LogP contribution in [0.25, 0.3) is 0 Å². The van der Waals surface area contributed by atoms with E-state index >= 15 is 0 Å². The maximum absolute atomic E-state index is 10.9. The van der Waals surface area contributed by atoms with Gasteiger partial charge >= 0.3 is 0 Å². The first kappa shape index (κ1) is 16.4. The first-order valence-electron chi connectivity index (χ1n) is 7.38. The monoisotopic (exact) mass is 272 g/mol. The lowest BCUT2D eigenvalue weighted by molar-refractivity contribution is -0.119. The zero-order valence-corrected chi connectivity index (χ0v) is 12.0. The average Bonchev–Trinajstić information content (AvgIpc) is 2.36. The summed E-state index contributed by atoms with van der Waals surface area (Å²) in [5.41, 5.74) is 5.21. The van der Waals surface area contributed by atoms with Crippen molar-refractivity contribution in [1.82, 2.24) is 4.90 Å². The number of carbonyl (C=O) groups is 1. The Labute approximate surface area is 116 Å². The molecule has 0 saturated carbocycles. The summed E-state index contributed by atoms with van der Waals surface area (Å²) in [6, 6.07) is 0. The van der Waals surface area contributed by atoms with Crippen LogP contribution in [0.4, 0.5) is 0 Å². The molecule has 1 amide bonds. The second kappa shape index (κ2) is 9.28. The predicted molar refractivity (Wildman–Crippen MR) is 74.7 cm³/mol. The number of nitrogens with two attached hydrogens (primary N) is 1. The topological polar surface area (TPSA) is 75.8 Å². The number of primary amides is 1. The van der Waals surface area contributed by atoms with E-state index in [4.69, 9.17) is 10.5 Å². The number of piperidine rings is 1. The number of nitrogens with zero attached hydrogens (tertiary/aromatic N) is 1. The fourth-order valence-corrected chi connectivity index (χ4v) is 2.47. The maximum Gasteiger partial charge on any atom is 0.217 e. The fraction of sp³-hybridized carbons (Fsp3) is 0.929. The maximum atomic E-state index is 10.9. The molecule has 3 N–H and O–H groups in total. The van der Waals surface area contributed by atoms with Crippen LogP contribution in [0.3, 0.4) is 0 Å². The number of carbonyl (C=O) groups excluding carboxylic acids is 1. The Kier molecular flexibility index (Phi) is 8.02. The highest BCUT2D eigenvalue weighted by atomic mass is 16.5. The summed E-state index contributed by atoms with van der Waals surface area (Å²) in [4.78, 5) is 13.1. The molecule has 1 rings (SSSR count). The van der Waals surface area contributed by atoms with Gasteiger partial charge in [-0.1, -0.05) is 13.3 Å². The molecule has 5 heteroatoms. The van der Waals surface area contributed by atoms with Crippen molar-refractivity contribution in [2.75, 3.05) is 32.8 Å². The summed E-state index contributed by atoms with van der Waals surface area (Å²) in [6.45, 7) is 5.80. The molecular formula is C14H28N2O3. The largest absolute Gasteiger partial charge is 0.389 e. The summed E-state index contributed by atoms with van der Waals surface area (Å²) < 4.78 is 5.41. The Morgan fingerprint density at radius 1 is 1.47 bits per heavy atom. The van der Waals surface area contributed by atoms with E-state index < -0.39 is 6.10 Å². The SMILES string of the molecule is CCCCOCC(O)CN1CCC(CC(N)=O)CC1. The molecule has 0 aromatic rings. The van der Waals surface area contributed by atoms with Gasteiger partial charge in [0.25, 0.3) is 0 Å². The second-order valence-electron chi connectivity index (χ2n) is 5.50.